The fraction of sp³-hybridized carbons (Fsp3) is 0.579. The third-order valence-electron chi connectivity index (χ3n) is 5.14. The number of nitrogens with two attached hydrogens (primary N) is 1. The van der Waals surface area contributed by atoms with Crippen molar-refractivity contribution in [2.45, 2.75) is 45.6 Å². The van der Waals surface area contributed by atoms with E-state index in [0.717, 1.165) is 19.4 Å². The number of anilines is 2. The molecule has 1 unspecified atom stereocenters. The lowest BCUT2D eigenvalue weighted by Crippen LogP contribution is -2.41. The molecule has 1 saturated heterocycles. The van der Waals surface area contributed by atoms with E-state index in [-0.39, 0.29) is 18.0 Å². The lowest BCUT2D eigenvalue weighted by Gasteiger charge is -2.28. The molecular formula is C19H30N4O3. The lowest BCUT2D eigenvalue weighted by atomic mass is 9.81. The van der Waals surface area contributed by atoms with Crippen LogP contribution in [0.3, 0.4) is 0 Å². The Labute approximate surface area is 155 Å². The summed E-state index contributed by atoms with van der Waals surface area (Å²) in [5.74, 6) is -0.0694. The molecule has 26 heavy (non-hydrogen) atoms. The minimum Gasteiger partial charge on any atom is -0.376 e. The van der Waals surface area contributed by atoms with Gasteiger partial charge in [-0.3, -0.25) is 4.79 Å². The minimum atomic E-state index is -0.543. The largest absolute Gasteiger partial charge is 0.376 e. The zero-order valence-electron chi connectivity index (χ0n) is 15.6. The Morgan fingerprint density at radius 3 is 2.27 bits per heavy atom. The van der Waals surface area contributed by atoms with Gasteiger partial charge in [-0.05, 0) is 49.9 Å². The maximum absolute atomic E-state index is 12.5. The lowest BCUT2D eigenvalue weighted by molar-refractivity contribution is -0.125. The van der Waals surface area contributed by atoms with Crippen molar-refractivity contribution >= 4 is 23.3 Å². The third kappa shape index (κ3) is 5.19. The molecule has 1 heterocycles. The van der Waals surface area contributed by atoms with E-state index in [4.69, 9.17) is 10.5 Å². The Hall–Kier alpha value is -2.12. The summed E-state index contributed by atoms with van der Waals surface area (Å²) in [6.45, 7) is 5.53. The van der Waals surface area contributed by atoms with Gasteiger partial charge in [-0.15, -0.1) is 0 Å². The summed E-state index contributed by atoms with van der Waals surface area (Å²) < 4.78 is 5.47. The molecule has 0 radical (unpaired) electrons. The third-order valence-corrected chi connectivity index (χ3v) is 5.14. The molecule has 1 aromatic rings. The number of hydrogen-bond acceptors (Lipinski definition) is 4. The molecule has 7 heteroatoms. The molecular weight excluding hydrogens is 332 g/mol. The predicted octanol–water partition coefficient (Wildman–Crippen LogP) is 2.69. The number of ether oxygens (including phenoxy) is 1. The average Bonchev–Trinajstić information content (AvgIpc) is 3.17. The van der Waals surface area contributed by atoms with E-state index in [9.17, 15) is 9.59 Å². The smallest absolute Gasteiger partial charge is 0.319 e. The van der Waals surface area contributed by atoms with Gasteiger partial charge in [0.05, 0.1) is 11.5 Å². The molecule has 1 aromatic carbocycles. The van der Waals surface area contributed by atoms with Gasteiger partial charge < -0.3 is 26.4 Å². The normalized spacial score (nSPS) is 17.0. The SMILES string of the molecule is CCC(CC)(CN)C(=O)Nc1ccc(NC(=O)NCC2CCCO2)cc1. The first-order chi connectivity index (χ1) is 12.5. The van der Waals surface area contributed by atoms with Crippen LogP contribution >= 0.6 is 0 Å². The first-order valence-corrected chi connectivity index (χ1v) is 9.31. The molecule has 5 N–H and O–H groups in total. The van der Waals surface area contributed by atoms with E-state index in [1.54, 1.807) is 24.3 Å². The van der Waals surface area contributed by atoms with Gasteiger partial charge in [0.25, 0.3) is 0 Å². The zero-order valence-corrected chi connectivity index (χ0v) is 15.6. The number of rotatable bonds is 8. The topological polar surface area (TPSA) is 105 Å². The van der Waals surface area contributed by atoms with Crippen LogP contribution in [0.25, 0.3) is 0 Å². The van der Waals surface area contributed by atoms with Gasteiger partial charge in [0, 0.05) is 31.1 Å². The van der Waals surface area contributed by atoms with Crippen molar-refractivity contribution in [2.24, 2.45) is 11.1 Å². The van der Waals surface area contributed by atoms with Crippen LogP contribution < -0.4 is 21.7 Å². The predicted molar refractivity (Wildman–Crippen MR) is 103 cm³/mol. The van der Waals surface area contributed by atoms with Gasteiger partial charge in [-0.25, -0.2) is 4.79 Å². The van der Waals surface area contributed by atoms with Gasteiger partial charge in [-0.1, -0.05) is 13.8 Å². The van der Waals surface area contributed by atoms with E-state index >= 15 is 0 Å². The second-order valence-corrected chi connectivity index (χ2v) is 6.69. The Balaban J connectivity index is 1.85. The number of benzene rings is 1. The second kappa shape index (κ2) is 9.54. The first-order valence-electron chi connectivity index (χ1n) is 9.31. The highest BCUT2D eigenvalue weighted by Crippen LogP contribution is 2.27. The molecule has 1 aliphatic rings. The molecule has 3 amide bonds. The van der Waals surface area contributed by atoms with Gasteiger partial charge in [0.2, 0.25) is 5.91 Å². The highest BCUT2D eigenvalue weighted by Gasteiger charge is 2.33. The minimum absolute atomic E-state index is 0.0694. The van der Waals surface area contributed by atoms with Crippen LogP contribution in [-0.2, 0) is 9.53 Å². The molecule has 0 saturated carbocycles. The van der Waals surface area contributed by atoms with Gasteiger partial charge >= 0.3 is 6.03 Å². The number of carbonyl (C=O) groups is 2. The van der Waals surface area contributed by atoms with Crippen molar-refractivity contribution in [3.63, 3.8) is 0 Å². The molecule has 0 aromatic heterocycles. The number of amides is 3. The molecule has 144 valence electrons. The molecule has 1 aliphatic heterocycles. The van der Waals surface area contributed by atoms with Crippen LogP contribution in [0.1, 0.15) is 39.5 Å². The Kier molecular flexibility index (Phi) is 7.41. The quantitative estimate of drug-likeness (QED) is 0.570. The van der Waals surface area contributed by atoms with Crippen molar-refractivity contribution in [1.82, 2.24) is 5.32 Å². The highest BCUT2D eigenvalue weighted by atomic mass is 16.5. The molecule has 1 atom stereocenters. The molecule has 1 fully saturated rings. The summed E-state index contributed by atoms with van der Waals surface area (Å²) in [5, 5.41) is 8.49. The average molecular weight is 362 g/mol. The number of carbonyl (C=O) groups excluding carboxylic acids is 2. The molecule has 0 aliphatic carbocycles. The van der Waals surface area contributed by atoms with E-state index in [1.807, 2.05) is 13.8 Å². The van der Waals surface area contributed by atoms with Crippen LogP contribution in [0.4, 0.5) is 16.2 Å². The van der Waals surface area contributed by atoms with Crippen LogP contribution in [0.2, 0.25) is 0 Å². The summed E-state index contributed by atoms with van der Waals surface area (Å²) in [6, 6.07) is 6.77. The van der Waals surface area contributed by atoms with Crippen molar-refractivity contribution in [3.05, 3.63) is 24.3 Å². The summed E-state index contributed by atoms with van der Waals surface area (Å²) >= 11 is 0. The summed E-state index contributed by atoms with van der Waals surface area (Å²) in [7, 11) is 0. The van der Waals surface area contributed by atoms with E-state index < -0.39 is 5.41 Å². The van der Waals surface area contributed by atoms with Crippen molar-refractivity contribution in [1.29, 1.82) is 0 Å². The molecule has 0 bridgehead atoms. The molecule has 2 rings (SSSR count). The number of urea groups is 1. The van der Waals surface area contributed by atoms with E-state index in [1.165, 1.54) is 0 Å². The summed E-state index contributed by atoms with van der Waals surface area (Å²) in [4.78, 5) is 24.4. The summed E-state index contributed by atoms with van der Waals surface area (Å²) in [5.41, 5.74) is 6.61. The van der Waals surface area contributed by atoms with Crippen LogP contribution in [0, 0.1) is 5.41 Å². The second-order valence-electron chi connectivity index (χ2n) is 6.69. The fourth-order valence-electron chi connectivity index (χ4n) is 3.04. The van der Waals surface area contributed by atoms with Gasteiger partial charge in [-0.2, -0.15) is 0 Å². The molecule has 0 spiro atoms. The number of nitrogens with one attached hydrogen (secondary N) is 3. The Morgan fingerprint density at radius 2 is 1.77 bits per heavy atom. The Bertz CT molecular complexity index is 585. The first kappa shape index (κ1) is 20.2. The highest BCUT2D eigenvalue weighted by molar-refractivity contribution is 5.96. The summed E-state index contributed by atoms with van der Waals surface area (Å²) in [6.07, 6.45) is 3.52. The fourth-order valence-corrected chi connectivity index (χ4v) is 3.04. The van der Waals surface area contributed by atoms with Crippen LogP contribution in [0.5, 0.6) is 0 Å². The van der Waals surface area contributed by atoms with Gasteiger partial charge in [0.15, 0.2) is 0 Å². The Morgan fingerprint density at radius 1 is 1.15 bits per heavy atom. The number of hydrogen-bond donors (Lipinski definition) is 4. The van der Waals surface area contributed by atoms with Crippen molar-refractivity contribution in [2.75, 3.05) is 30.3 Å². The van der Waals surface area contributed by atoms with Crippen molar-refractivity contribution in [3.8, 4) is 0 Å². The van der Waals surface area contributed by atoms with E-state index in [2.05, 4.69) is 16.0 Å². The van der Waals surface area contributed by atoms with Crippen molar-refractivity contribution < 1.29 is 14.3 Å². The molecule has 7 nitrogen and oxygen atoms in total. The van der Waals surface area contributed by atoms with E-state index in [0.29, 0.717) is 37.3 Å². The standard InChI is InChI=1S/C19H30N4O3/c1-3-19(4-2,13-20)17(24)22-14-7-9-15(10-8-14)23-18(25)21-12-16-6-5-11-26-16/h7-10,16H,3-6,11-13,20H2,1-2H3,(H,22,24)(H2,21,23,25). The maximum atomic E-state index is 12.5. The zero-order chi connectivity index (χ0) is 19.0. The van der Waals surface area contributed by atoms with Gasteiger partial charge in [0.1, 0.15) is 0 Å². The van der Waals surface area contributed by atoms with Crippen LogP contribution in [0.15, 0.2) is 24.3 Å². The monoisotopic (exact) mass is 362 g/mol. The van der Waals surface area contributed by atoms with Crippen LogP contribution in [-0.4, -0.2) is 37.7 Å². The maximum Gasteiger partial charge on any atom is 0.319 e.